The maximum Gasteiger partial charge on any atom is 0.251 e. The van der Waals surface area contributed by atoms with Gasteiger partial charge in [0.25, 0.3) is 5.91 Å². The number of hydrogen-bond donors (Lipinski definition) is 5. The lowest BCUT2D eigenvalue weighted by Gasteiger charge is -2.26. The van der Waals surface area contributed by atoms with Crippen LogP contribution in [0.15, 0.2) is 91.0 Å². The molecular weight excluding hydrogens is 546 g/mol. The van der Waals surface area contributed by atoms with E-state index in [2.05, 4.69) is 16.0 Å². The summed E-state index contributed by atoms with van der Waals surface area (Å²) in [5.41, 5.74) is 1.81. The predicted octanol–water partition coefficient (Wildman–Crippen LogP) is 3.66. The molecule has 3 amide bonds. The van der Waals surface area contributed by atoms with Crippen molar-refractivity contribution in [2.75, 3.05) is 0 Å². The molecule has 0 saturated carbocycles. The summed E-state index contributed by atoms with van der Waals surface area (Å²) in [6.07, 6.45) is 0.941. The average molecular weight is 582 g/mol. The zero-order valence-corrected chi connectivity index (χ0v) is 24.0. The Bertz CT molecular complexity index is 1580. The molecule has 222 valence electrons. The molecule has 4 rings (SSSR count). The zero-order valence-electron chi connectivity index (χ0n) is 24.0. The van der Waals surface area contributed by atoms with Crippen LogP contribution in [-0.2, 0) is 27.2 Å². The lowest BCUT2D eigenvalue weighted by molar-refractivity contribution is -0.131. The van der Waals surface area contributed by atoms with Crippen LogP contribution in [0.2, 0.25) is 0 Å². The summed E-state index contributed by atoms with van der Waals surface area (Å²) in [4.78, 5) is 52.0. The zero-order chi connectivity index (χ0) is 30.9. The molecule has 0 heterocycles. The summed E-state index contributed by atoms with van der Waals surface area (Å²) < 4.78 is 0. The molecule has 0 aliphatic heterocycles. The molecule has 4 aromatic carbocycles. The molecule has 43 heavy (non-hydrogen) atoms. The molecule has 9 nitrogen and oxygen atoms in total. The number of aromatic hydroxyl groups is 2. The molecule has 0 unspecified atom stereocenters. The van der Waals surface area contributed by atoms with Crippen LogP contribution in [-0.4, -0.2) is 52.3 Å². The van der Waals surface area contributed by atoms with Crippen LogP contribution in [0.25, 0.3) is 10.8 Å². The first-order valence-corrected chi connectivity index (χ1v) is 14.0. The molecule has 0 radical (unpaired) electrons. The molecule has 4 aromatic rings. The van der Waals surface area contributed by atoms with Gasteiger partial charge in [-0.25, -0.2) is 0 Å². The third-order valence-electron chi connectivity index (χ3n) is 7.14. The van der Waals surface area contributed by atoms with E-state index in [1.54, 1.807) is 50.2 Å². The van der Waals surface area contributed by atoms with E-state index in [4.69, 9.17) is 0 Å². The van der Waals surface area contributed by atoms with Gasteiger partial charge in [0.1, 0.15) is 29.9 Å². The second kappa shape index (κ2) is 14.1. The fraction of sp³-hybridized carbons (Fsp3) is 0.235. The van der Waals surface area contributed by atoms with Crippen LogP contribution in [0, 0.1) is 5.92 Å². The molecule has 3 atom stereocenters. The smallest absolute Gasteiger partial charge is 0.251 e. The minimum Gasteiger partial charge on any atom is -0.508 e. The lowest BCUT2D eigenvalue weighted by Crippen LogP contribution is -2.57. The molecule has 0 saturated heterocycles. The Morgan fingerprint density at radius 1 is 0.698 bits per heavy atom. The summed E-state index contributed by atoms with van der Waals surface area (Å²) in [6, 6.07) is 22.6. The van der Waals surface area contributed by atoms with Crippen molar-refractivity contribution in [3.05, 3.63) is 108 Å². The fourth-order valence-electron chi connectivity index (χ4n) is 4.73. The Labute approximate surface area is 249 Å². The van der Waals surface area contributed by atoms with Gasteiger partial charge in [-0.1, -0.05) is 68.4 Å². The normalized spacial score (nSPS) is 13.1. The van der Waals surface area contributed by atoms with Gasteiger partial charge >= 0.3 is 0 Å². The molecular formula is C34H35N3O6. The Morgan fingerprint density at radius 2 is 1.28 bits per heavy atom. The van der Waals surface area contributed by atoms with Crippen LogP contribution >= 0.6 is 0 Å². The van der Waals surface area contributed by atoms with E-state index in [0.29, 0.717) is 17.4 Å². The Kier molecular flexibility index (Phi) is 10.1. The second-order valence-corrected chi connectivity index (χ2v) is 10.8. The van der Waals surface area contributed by atoms with Gasteiger partial charge in [-0.15, -0.1) is 0 Å². The van der Waals surface area contributed by atoms with E-state index in [1.807, 2.05) is 30.3 Å². The van der Waals surface area contributed by atoms with Crippen molar-refractivity contribution in [2.24, 2.45) is 5.92 Å². The minimum atomic E-state index is -1.04. The van der Waals surface area contributed by atoms with Gasteiger partial charge in [-0.3, -0.25) is 14.4 Å². The van der Waals surface area contributed by atoms with Gasteiger partial charge in [0.2, 0.25) is 11.8 Å². The van der Waals surface area contributed by atoms with Gasteiger partial charge in [-0.05, 0) is 70.6 Å². The first kappa shape index (κ1) is 30.8. The predicted molar refractivity (Wildman–Crippen MR) is 164 cm³/mol. The number of benzene rings is 4. The number of nitrogens with one attached hydrogen (secondary N) is 3. The van der Waals surface area contributed by atoms with E-state index in [9.17, 15) is 29.4 Å². The number of carbonyl (C=O) groups is 4. The minimum absolute atomic E-state index is 0.0681. The Balaban J connectivity index is 1.51. The van der Waals surface area contributed by atoms with Crippen LogP contribution < -0.4 is 16.0 Å². The number of amides is 3. The van der Waals surface area contributed by atoms with E-state index in [-0.39, 0.29) is 30.3 Å². The Hall–Kier alpha value is -5.18. The number of fused-ring (bicyclic) bond motifs is 1. The van der Waals surface area contributed by atoms with E-state index < -0.39 is 35.8 Å². The average Bonchev–Trinajstić information content (AvgIpc) is 3.00. The molecule has 0 spiro atoms. The van der Waals surface area contributed by atoms with Crippen LogP contribution in [0.5, 0.6) is 11.5 Å². The van der Waals surface area contributed by atoms with Crippen LogP contribution in [0.4, 0.5) is 0 Å². The molecule has 9 heteroatoms. The Morgan fingerprint density at radius 3 is 1.86 bits per heavy atom. The van der Waals surface area contributed by atoms with Gasteiger partial charge in [0, 0.05) is 12.0 Å². The molecule has 0 bridgehead atoms. The summed E-state index contributed by atoms with van der Waals surface area (Å²) in [7, 11) is 0. The van der Waals surface area contributed by atoms with Gasteiger partial charge in [-0.2, -0.15) is 0 Å². The number of phenolic OH excluding ortho intramolecular Hbond substituents is 2. The highest BCUT2D eigenvalue weighted by molar-refractivity contribution is 6.01. The standard InChI is InChI=1S/C34H35N3O6/c1-21(2)31(34(43)35-27(20-38)17-22-7-13-28(39)14-8-22)37-33(42)30(18-23-9-15-29(40)16-10-23)36-32(41)26-12-11-24-5-3-4-6-25(24)19-26/h3-16,19-21,27,30-31,39-40H,17-18H2,1-2H3,(H,35,43)(H,36,41)(H,37,42)/t27-,30-,31-/m0/s1. The SMILES string of the molecule is CC(C)[C@H](NC(=O)[C@H](Cc1ccc(O)cc1)NC(=O)c1ccc2ccccc2c1)C(=O)N[C@H](C=O)Cc1ccc(O)cc1. The molecule has 0 fully saturated rings. The maximum absolute atomic E-state index is 13.6. The third kappa shape index (κ3) is 8.42. The highest BCUT2D eigenvalue weighted by atomic mass is 16.3. The van der Waals surface area contributed by atoms with E-state index >= 15 is 0 Å². The molecule has 0 aromatic heterocycles. The van der Waals surface area contributed by atoms with Crippen LogP contribution in [0.3, 0.4) is 0 Å². The summed E-state index contributed by atoms with van der Waals surface area (Å²) in [6.45, 7) is 3.53. The lowest BCUT2D eigenvalue weighted by atomic mass is 9.99. The van der Waals surface area contributed by atoms with E-state index in [1.165, 1.54) is 24.3 Å². The topological polar surface area (TPSA) is 145 Å². The molecule has 5 N–H and O–H groups in total. The van der Waals surface area contributed by atoms with Gasteiger partial charge in [0.15, 0.2) is 0 Å². The van der Waals surface area contributed by atoms with Crippen molar-refractivity contribution in [3.8, 4) is 11.5 Å². The quantitative estimate of drug-likeness (QED) is 0.162. The highest BCUT2D eigenvalue weighted by Crippen LogP contribution is 2.17. The maximum atomic E-state index is 13.6. The monoisotopic (exact) mass is 581 g/mol. The van der Waals surface area contributed by atoms with Crippen molar-refractivity contribution in [3.63, 3.8) is 0 Å². The third-order valence-corrected chi connectivity index (χ3v) is 7.14. The summed E-state index contributed by atoms with van der Waals surface area (Å²) in [5, 5.41) is 29.3. The largest absolute Gasteiger partial charge is 0.508 e. The van der Waals surface area contributed by atoms with Crippen molar-refractivity contribution >= 4 is 34.8 Å². The van der Waals surface area contributed by atoms with Crippen molar-refractivity contribution in [2.45, 2.75) is 44.8 Å². The first-order valence-electron chi connectivity index (χ1n) is 14.0. The summed E-state index contributed by atoms with van der Waals surface area (Å²) >= 11 is 0. The second-order valence-electron chi connectivity index (χ2n) is 10.8. The number of aldehydes is 1. The van der Waals surface area contributed by atoms with Crippen LogP contribution in [0.1, 0.15) is 35.3 Å². The van der Waals surface area contributed by atoms with Gasteiger partial charge < -0.3 is 31.0 Å². The molecule has 0 aliphatic rings. The number of phenols is 2. The van der Waals surface area contributed by atoms with Crippen molar-refractivity contribution < 1.29 is 29.4 Å². The summed E-state index contributed by atoms with van der Waals surface area (Å²) in [5.74, 6) is -1.74. The first-order chi connectivity index (χ1) is 20.6. The van der Waals surface area contributed by atoms with Crippen molar-refractivity contribution in [1.29, 1.82) is 0 Å². The number of hydrogen-bond acceptors (Lipinski definition) is 6. The highest BCUT2D eigenvalue weighted by Gasteiger charge is 2.30. The molecule has 0 aliphatic carbocycles. The fourth-order valence-corrected chi connectivity index (χ4v) is 4.73. The van der Waals surface area contributed by atoms with Crippen molar-refractivity contribution in [1.82, 2.24) is 16.0 Å². The van der Waals surface area contributed by atoms with Gasteiger partial charge in [0.05, 0.1) is 6.04 Å². The number of rotatable bonds is 12. The van der Waals surface area contributed by atoms with E-state index in [0.717, 1.165) is 16.3 Å². The number of carbonyl (C=O) groups excluding carboxylic acids is 4.